The summed E-state index contributed by atoms with van der Waals surface area (Å²) >= 11 is 0. The van der Waals surface area contributed by atoms with Crippen LogP contribution >= 0.6 is 0 Å². The lowest BCUT2D eigenvalue weighted by molar-refractivity contribution is 0.109. The molecule has 1 fully saturated rings. The maximum atomic E-state index is 13.0. The van der Waals surface area contributed by atoms with Gasteiger partial charge in [0.25, 0.3) is 0 Å². The number of hydrogen-bond donors (Lipinski definition) is 1. The Kier molecular flexibility index (Phi) is 4.79. The van der Waals surface area contributed by atoms with E-state index in [-0.39, 0.29) is 11.9 Å². The van der Waals surface area contributed by atoms with Crippen LogP contribution in [0.2, 0.25) is 0 Å². The van der Waals surface area contributed by atoms with E-state index in [2.05, 4.69) is 25.3 Å². The minimum atomic E-state index is -0.251. The van der Waals surface area contributed by atoms with E-state index in [9.17, 15) is 4.39 Å². The first kappa shape index (κ1) is 16.5. The highest BCUT2D eigenvalue weighted by molar-refractivity contribution is 5.61. The Balaban J connectivity index is 1.60. The topological polar surface area (TPSA) is 72.8 Å². The van der Waals surface area contributed by atoms with Gasteiger partial charge in [0.2, 0.25) is 5.95 Å². The van der Waals surface area contributed by atoms with E-state index >= 15 is 0 Å². The number of aromatic nitrogens is 4. The summed E-state index contributed by atoms with van der Waals surface area (Å²) in [4.78, 5) is 17.6. The Hall–Kier alpha value is -2.93. The van der Waals surface area contributed by atoms with Gasteiger partial charge in [-0.3, -0.25) is 9.97 Å². The normalized spacial score (nSPS) is 16.6. The van der Waals surface area contributed by atoms with Crippen molar-refractivity contribution in [3.05, 3.63) is 66.1 Å². The number of hydrogen-bond acceptors (Lipinski definition) is 6. The van der Waals surface area contributed by atoms with Crippen molar-refractivity contribution in [1.29, 1.82) is 0 Å². The number of anilines is 1. The Bertz CT molecular complexity index is 867. The van der Waals surface area contributed by atoms with E-state index in [1.165, 1.54) is 12.1 Å². The molecule has 0 unspecified atom stereocenters. The molecule has 3 heterocycles. The Morgan fingerprint density at radius 3 is 2.73 bits per heavy atom. The predicted molar refractivity (Wildman–Crippen MR) is 94.7 cm³/mol. The Morgan fingerprint density at radius 2 is 2.00 bits per heavy atom. The van der Waals surface area contributed by atoms with Gasteiger partial charge in [0.15, 0.2) is 0 Å². The van der Waals surface area contributed by atoms with Crippen LogP contribution < -0.4 is 5.32 Å². The summed E-state index contributed by atoms with van der Waals surface area (Å²) in [5.41, 5.74) is 3.33. The van der Waals surface area contributed by atoms with E-state index in [0.717, 1.165) is 42.0 Å². The van der Waals surface area contributed by atoms with Crippen LogP contribution in [0.5, 0.6) is 0 Å². The van der Waals surface area contributed by atoms with Gasteiger partial charge >= 0.3 is 0 Å². The largest absolute Gasteiger partial charge is 0.372 e. The highest BCUT2D eigenvalue weighted by atomic mass is 19.1. The molecule has 0 aliphatic carbocycles. The van der Waals surface area contributed by atoms with Crippen molar-refractivity contribution in [2.24, 2.45) is 0 Å². The number of nitrogens with one attached hydrogen (secondary N) is 1. The highest BCUT2D eigenvalue weighted by Crippen LogP contribution is 2.33. The van der Waals surface area contributed by atoms with E-state index in [4.69, 9.17) is 4.74 Å². The van der Waals surface area contributed by atoms with E-state index in [1.807, 2.05) is 0 Å². The third kappa shape index (κ3) is 3.67. The predicted octanol–water partition coefficient (Wildman–Crippen LogP) is 3.54. The molecule has 7 heteroatoms. The van der Waals surface area contributed by atoms with E-state index < -0.39 is 0 Å². The molecule has 26 heavy (non-hydrogen) atoms. The third-order valence-corrected chi connectivity index (χ3v) is 4.26. The standard InChI is InChI=1S/C19H18FN5O/c20-14-5-3-13(4-6-14)10-23-19-24-11-15(16-12-21-7-8-22-16)18(25-19)17-2-1-9-26-17/h3-8,11-12,17H,1-2,9-10H2,(H,23,24,25)/t17-/m0/s1. The van der Waals surface area contributed by atoms with Crippen molar-refractivity contribution in [3.63, 3.8) is 0 Å². The molecule has 4 rings (SSSR count). The summed E-state index contributed by atoms with van der Waals surface area (Å²) in [5.74, 6) is 0.256. The van der Waals surface area contributed by atoms with Crippen molar-refractivity contribution in [2.45, 2.75) is 25.5 Å². The summed E-state index contributed by atoms with van der Waals surface area (Å²) < 4.78 is 18.8. The maximum absolute atomic E-state index is 13.0. The number of nitrogens with zero attached hydrogens (tertiary/aromatic N) is 4. The maximum Gasteiger partial charge on any atom is 0.223 e. The van der Waals surface area contributed by atoms with Crippen molar-refractivity contribution >= 4 is 5.95 Å². The molecule has 0 saturated carbocycles. The Labute approximate surface area is 150 Å². The number of ether oxygens (including phenoxy) is 1. The first-order valence-electron chi connectivity index (χ1n) is 8.53. The zero-order valence-electron chi connectivity index (χ0n) is 14.1. The third-order valence-electron chi connectivity index (χ3n) is 4.26. The fourth-order valence-electron chi connectivity index (χ4n) is 2.94. The second-order valence-electron chi connectivity index (χ2n) is 6.06. The van der Waals surface area contributed by atoms with Crippen LogP contribution in [0.1, 0.15) is 30.2 Å². The summed E-state index contributed by atoms with van der Waals surface area (Å²) in [5, 5.41) is 3.19. The molecular formula is C19H18FN5O. The lowest BCUT2D eigenvalue weighted by atomic mass is 10.1. The number of halogens is 1. The molecule has 1 aromatic carbocycles. The molecular weight excluding hydrogens is 333 g/mol. The lowest BCUT2D eigenvalue weighted by Gasteiger charge is -2.15. The first-order valence-corrected chi connectivity index (χ1v) is 8.53. The quantitative estimate of drug-likeness (QED) is 0.758. The monoisotopic (exact) mass is 351 g/mol. The van der Waals surface area contributed by atoms with Gasteiger partial charge in [-0.1, -0.05) is 12.1 Å². The highest BCUT2D eigenvalue weighted by Gasteiger charge is 2.24. The molecule has 1 atom stereocenters. The SMILES string of the molecule is Fc1ccc(CNc2ncc(-c3cnccn3)c([C@@H]3CCCO3)n2)cc1. The van der Waals surface area contributed by atoms with Crippen molar-refractivity contribution < 1.29 is 9.13 Å². The molecule has 1 aliphatic rings. The molecule has 6 nitrogen and oxygen atoms in total. The molecule has 0 spiro atoms. The van der Waals surface area contributed by atoms with Gasteiger partial charge in [-0.15, -0.1) is 0 Å². The average molecular weight is 351 g/mol. The second kappa shape index (κ2) is 7.53. The van der Waals surface area contributed by atoms with Crippen LogP contribution in [0.3, 0.4) is 0 Å². The number of rotatable bonds is 5. The van der Waals surface area contributed by atoms with Crippen LogP contribution in [0.4, 0.5) is 10.3 Å². The molecule has 0 bridgehead atoms. The smallest absolute Gasteiger partial charge is 0.223 e. The van der Waals surface area contributed by atoms with E-state index in [1.54, 1.807) is 36.9 Å². The molecule has 1 aliphatic heterocycles. The molecule has 0 radical (unpaired) electrons. The van der Waals surface area contributed by atoms with Gasteiger partial charge in [0.1, 0.15) is 11.9 Å². The summed E-state index contributed by atoms with van der Waals surface area (Å²) in [6.07, 6.45) is 8.59. The van der Waals surface area contributed by atoms with Gasteiger partial charge in [0, 0.05) is 37.3 Å². The van der Waals surface area contributed by atoms with Crippen LogP contribution in [0, 0.1) is 5.82 Å². The zero-order valence-corrected chi connectivity index (χ0v) is 14.1. The van der Waals surface area contributed by atoms with Crippen LogP contribution in [-0.4, -0.2) is 26.5 Å². The zero-order chi connectivity index (χ0) is 17.8. The van der Waals surface area contributed by atoms with Gasteiger partial charge in [-0.2, -0.15) is 0 Å². The van der Waals surface area contributed by atoms with Crippen LogP contribution in [-0.2, 0) is 11.3 Å². The molecule has 1 N–H and O–H groups in total. The Morgan fingerprint density at radius 1 is 1.12 bits per heavy atom. The van der Waals surface area contributed by atoms with Gasteiger partial charge in [-0.05, 0) is 30.5 Å². The summed E-state index contributed by atoms with van der Waals surface area (Å²) in [7, 11) is 0. The van der Waals surface area contributed by atoms with Crippen molar-refractivity contribution in [2.75, 3.05) is 11.9 Å². The molecule has 1 saturated heterocycles. The average Bonchev–Trinajstić information content (AvgIpc) is 3.23. The lowest BCUT2D eigenvalue weighted by Crippen LogP contribution is -2.09. The summed E-state index contributed by atoms with van der Waals surface area (Å²) in [6.45, 7) is 1.24. The fourth-order valence-corrected chi connectivity index (χ4v) is 2.94. The van der Waals surface area contributed by atoms with Gasteiger partial charge in [-0.25, -0.2) is 14.4 Å². The molecule has 0 amide bonds. The second-order valence-corrected chi connectivity index (χ2v) is 6.06. The molecule has 132 valence electrons. The van der Waals surface area contributed by atoms with Crippen LogP contribution in [0.15, 0.2) is 49.1 Å². The number of benzene rings is 1. The summed E-state index contributed by atoms with van der Waals surface area (Å²) in [6, 6.07) is 6.34. The molecule has 2 aromatic heterocycles. The van der Waals surface area contributed by atoms with E-state index in [0.29, 0.717) is 12.5 Å². The fraction of sp³-hybridized carbons (Fsp3) is 0.263. The van der Waals surface area contributed by atoms with Gasteiger partial charge < -0.3 is 10.1 Å². The van der Waals surface area contributed by atoms with Crippen molar-refractivity contribution in [1.82, 2.24) is 19.9 Å². The minimum absolute atomic E-state index is 0.0682. The van der Waals surface area contributed by atoms with Crippen molar-refractivity contribution in [3.8, 4) is 11.3 Å². The van der Waals surface area contributed by atoms with Gasteiger partial charge in [0.05, 0.1) is 17.6 Å². The first-order chi connectivity index (χ1) is 12.8. The molecule has 3 aromatic rings. The minimum Gasteiger partial charge on any atom is -0.372 e. The van der Waals surface area contributed by atoms with Crippen LogP contribution in [0.25, 0.3) is 11.3 Å².